The molecular formula is C14H16F2O. The lowest BCUT2D eigenvalue weighted by atomic mass is 9.76. The van der Waals surface area contributed by atoms with Gasteiger partial charge in [0.2, 0.25) is 6.43 Å². The van der Waals surface area contributed by atoms with Crippen LogP contribution in [0.2, 0.25) is 0 Å². The first-order valence-corrected chi connectivity index (χ1v) is 6.02. The number of hydrogen-bond acceptors (Lipinski definition) is 1. The fourth-order valence-corrected chi connectivity index (χ4v) is 2.58. The molecule has 0 saturated heterocycles. The maximum absolute atomic E-state index is 12.4. The summed E-state index contributed by atoms with van der Waals surface area (Å²) >= 11 is 0. The molecule has 0 aliphatic heterocycles. The lowest BCUT2D eigenvalue weighted by Crippen LogP contribution is -2.25. The molecule has 0 heterocycles. The van der Waals surface area contributed by atoms with Crippen molar-refractivity contribution in [2.24, 2.45) is 5.92 Å². The van der Waals surface area contributed by atoms with E-state index in [2.05, 4.69) is 0 Å². The first-order chi connectivity index (χ1) is 8.16. The monoisotopic (exact) mass is 238 g/mol. The lowest BCUT2D eigenvalue weighted by Gasteiger charge is -2.28. The standard InChI is InChI=1S/C14H16F2O/c15-14(16)9-12-8-11(6-7-13(12)17)10-4-2-1-3-5-10/h1-5,11-12,14H,6-9H2. The summed E-state index contributed by atoms with van der Waals surface area (Å²) in [7, 11) is 0. The van der Waals surface area contributed by atoms with Crippen LogP contribution in [-0.2, 0) is 4.79 Å². The van der Waals surface area contributed by atoms with Gasteiger partial charge in [-0.2, -0.15) is 0 Å². The van der Waals surface area contributed by atoms with E-state index in [0.717, 1.165) is 6.42 Å². The Labute approximate surface area is 99.8 Å². The molecule has 1 aliphatic rings. The third-order valence-corrected chi connectivity index (χ3v) is 3.50. The zero-order valence-corrected chi connectivity index (χ0v) is 9.61. The first kappa shape index (κ1) is 12.2. The predicted molar refractivity (Wildman–Crippen MR) is 62.2 cm³/mol. The number of carbonyl (C=O) groups excluding carboxylic acids is 1. The van der Waals surface area contributed by atoms with E-state index in [1.807, 2.05) is 30.3 Å². The van der Waals surface area contributed by atoms with E-state index in [4.69, 9.17) is 0 Å². The van der Waals surface area contributed by atoms with Crippen LogP contribution in [0.25, 0.3) is 0 Å². The summed E-state index contributed by atoms with van der Waals surface area (Å²) in [5, 5.41) is 0. The number of carbonyl (C=O) groups is 1. The van der Waals surface area contributed by atoms with Crippen LogP contribution < -0.4 is 0 Å². The summed E-state index contributed by atoms with van der Waals surface area (Å²) in [6.07, 6.45) is -0.840. The normalized spacial score (nSPS) is 25.2. The van der Waals surface area contributed by atoms with Crippen molar-refractivity contribution in [3.05, 3.63) is 35.9 Å². The molecule has 3 heteroatoms. The molecule has 1 aliphatic carbocycles. The van der Waals surface area contributed by atoms with Gasteiger partial charge in [0.1, 0.15) is 5.78 Å². The molecule has 0 spiro atoms. The van der Waals surface area contributed by atoms with E-state index >= 15 is 0 Å². The van der Waals surface area contributed by atoms with Gasteiger partial charge in [-0.3, -0.25) is 4.79 Å². The second kappa shape index (κ2) is 5.39. The van der Waals surface area contributed by atoms with Gasteiger partial charge < -0.3 is 0 Å². The Morgan fingerprint density at radius 2 is 1.94 bits per heavy atom. The van der Waals surface area contributed by atoms with Crippen molar-refractivity contribution in [2.45, 2.75) is 38.0 Å². The first-order valence-electron chi connectivity index (χ1n) is 6.02. The van der Waals surface area contributed by atoms with Gasteiger partial charge in [-0.05, 0) is 24.3 Å². The molecule has 2 atom stereocenters. The van der Waals surface area contributed by atoms with Crippen LogP contribution in [0.3, 0.4) is 0 Å². The Bertz CT molecular complexity index is 375. The van der Waals surface area contributed by atoms with Gasteiger partial charge in [-0.15, -0.1) is 0 Å². The summed E-state index contributed by atoms with van der Waals surface area (Å²) in [6, 6.07) is 9.87. The van der Waals surface area contributed by atoms with E-state index in [1.54, 1.807) is 0 Å². The van der Waals surface area contributed by atoms with Crippen LogP contribution in [0.15, 0.2) is 30.3 Å². The summed E-state index contributed by atoms with van der Waals surface area (Å²) in [4.78, 5) is 11.6. The Morgan fingerprint density at radius 1 is 1.24 bits per heavy atom. The van der Waals surface area contributed by atoms with E-state index in [1.165, 1.54) is 5.56 Å². The molecular weight excluding hydrogens is 222 g/mol. The molecule has 0 amide bonds. The quantitative estimate of drug-likeness (QED) is 0.782. The maximum Gasteiger partial charge on any atom is 0.239 e. The SMILES string of the molecule is O=C1CCC(c2ccccc2)CC1CC(F)F. The Morgan fingerprint density at radius 3 is 2.59 bits per heavy atom. The number of Topliss-reactive ketones (excluding diaryl/α,β-unsaturated/α-hetero) is 1. The van der Waals surface area contributed by atoms with Crippen LogP contribution in [-0.4, -0.2) is 12.2 Å². The highest BCUT2D eigenvalue weighted by Crippen LogP contribution is 2.36. The molecule has 1 saturated carbocycles. The lowest BCUT2D eigenvalue weighted by molar-refractivity contribution is -0.126. The van der Waals surface area contributed by atoms with Gasteiger partial charge in [0.15, 0.2) is 0 Å². The van der Waals surface area contributed by atoms with Crippen LogP contribution in [0.1, 0.15) is 37.2 Å². The summed E-state index contributed by atoms with van der Waals surface area (Å²) in [6.45, 7) is 0. The third kappa shape index (κ3) is 3.11. The van der Waals surface area contributed by atoms with Crippen molar-refractivity contribution in [2.75, 3.05) is 0 Å². The molecule has 0 aromatic heterocycles. The highest BCUT2D eigenvalue weighted by molar-refractivity contribution is 5.82. The van der Waals surface area contributed by atoms with Gasteiger partial charge in [0, 0.05) is 18.8 Å². The van der Waals surface area contributed by atoms with Gasteiger partial charge in [-0.25, -0.2) is 8.78 Å². The van der Waals surface area contributed by atoms with E-state index in [0.29, 0.717) is 12.8 Å². The summed E-state index contributed by atoms with van der Waals surface area (Å²) in [5.74, 6) is -0.177. The van der Waals surface area contributed by atoms with Crippen molar-refractivity contribution in [1.29, 1.82) is 0 Å². The fourth-order valence-electron chi connectivity index (χ4n) is 2.58. The Kier molecular flexibility index (Phi) is 3.87. The van der Waals surface area contributed by atoms with Crippen LogP contribution in [0.5, 0.6) is 0 Å². The maximum atomic E-state index is 12.4. The number of alkyl halides is 2. The number of benzene rings is 1. The van der Waals surface area contributed by atoms with Gasteiger partial charge in [0.25, 0.3) is 0 Å². The van der Waals surface area contributed by atoms with Crippen LogP contribution in [0.4, 0.5) is 8.78 Å². The van der Waals surface area contributed by atoms with Crippen molar-refractivity contribution < 1.29 is 13.6 Å². The van der Waals surface area contributed by atoms with Crippen LogP contribution in [0, 0.1) is 5.92 Å². The molecule has 17 heavy (non-hydrogen) atoms. The second-order valence-corrected chi connectivity index (χ2v) is 4.67. The van der Waals surface area contributed by atoms with E-state index in [-0.39, 0.29) is 18.1 Å². The number of ketones is 1. The molecule has 2 unspecified atom stereocenters. The summed E-state index contributed by atoms with van der Waals surface area (Å²) < 4.78 is 24.7. The minimum Gasteiger partial charge on any atom is -0.299 e. The number of rotatable bonds is 3. The molecule has 0 bridgehead atoms. The average Bonchev–Trinajstić information content (AvgIpc) is 2.32. The van der Waals surface area contributed by atoms with Crippen molar-refractivity contribution in [3.8, 4) is 0 Å². The molecule has 0 N–H and O–H groups in total. The topological polar surface area (TPSA) is 17.1 Å². The molecule has 2 rings (SSSR count). The Hall–Kier alpha value is -1.25. The smallest absolute Gasteiger partial charge is 0.239 e. The number of hydrogen-bond donors (Lipinski definition) is 0. The fraction of sp³-hybridized carbons (Fsp3) is 0.500. The molecule has 1 aromatic carbocycles. The van der Waals surface area contributed by atoms with Gasteiger partial charge in [0.05, 0.1) is 0 Å². The average molecular weight is 238 g/mol. The Balaban J connectivity index is 2.05. The minimum absolute atomic E-state index is 0.0116. The van der Waals surface area contributed by atoms with Crippen molar-refractivity contribution >= 4 is 5.78 Å². The van der Waals surface area contributed by atoms with E-state index < -0.39 is 12.3 Å². The zero-order valence-electron chi connectivity index (χ0n) is 9.61. The molecule has 1 aromatic rings. The highest BCUT2D eigenvalue weighted by atomic mass is 19.3. The predicted octanol–water partition coefficient (Wildman–Crippen LogP) is 3.79. The summed E-state index contributed by atoms with van der Waals surface area (Å²) in [5.41, 5.74) is 1.17. The highest BCUT2D eigenvalue weighted by Gasteiger charge is 2.31. The molecule has 1 fully saturated rings. The van der Waals surface area contributed by atoms with Gasteiger partial charge >= 0.3 is 0 Å². The van der Waals surface area contributed by atoms with E-state index in [9.17, 15) is 13.6 Å². The molecule has 0 radical (unpaired) electrons. The largest absolute Gasteiger partial charge is 0.299 e. The van der Waals surface area contributed by atoms with Gasteiger partial charge in [-0.1, -0.05) is 30.3 Å². The third-order valence-electron chi connectivity index (χ3n) is 3.50. The molecule has 1 nitrogen and oxygen atoms in total. The number of halogens is 2. The molecule has 92 valence electrons. The second-order valence-electron chi connectivity index (χ2n) is 4.67. The zero-order chi connectivity index (χ0) is 12.3. The minimum atomic E-state index is -2.38. The van der Waals surface area contributed by atoms with Crippen LogP contribution >= 0.6 is 0 Å². The van der Waals surface area contributed by atoms with Crippen molar-refractivity contribution in [3.63, 3.8) is 0 Å². The van der Waals surface area contributed by atoms with Crippen molar-refractivity contribution in [1.82, 2.24) is 0 Å².